The number of rotatable bonds is 36. The predicted molar refractivity (Wildman–Crippen MR) is 523 cm³/mol. The molecule has 0 radical (unpaired) electrons. The van der Waals surface area contributed by atoms with Gasteiger partial charge < -0.3 is 94.7 Å². The quantitative estimate of drug-likeness (QED) is 0.0200. The third-order valence-electron chi connectivity index (χ3n) is 24.1. The Morgan fingerprint density at radius 2 is 0.295 bits per heavy atom. The lowest BCUT2D eigenvalue weighted by Gasteiger charge is -2.51. The van der Waals surface area contributed by atoms with Crippen LogP contribution in [0.3, 0.4) is 0 Å². The highest BCUT2D eigenvalue weighted by atomic mass is 35.5. The van der Waals surface area contributed by atoms with Gasteiger partial charge in [0.2, 0.25) is 0 Å². The summed E-state index contributed by atoms with van der Waals surface area (Å²) in [5, 5.41) is 0. The summed E-state index contributed by atoms with van der Waals surface area (Å²) in [6, 6.07) is 95.7. The normalized spacial score (nSPS) is 23.2. The number of alkyl halides is 1. The van der Waals surface area contributed by atoms with Gasteiger partial charge in [-0.2, -0.15) is 0 Å². The first-order valence-corrected chi connectivity index (χ1v) is 47.6. The SMILES string of the molecule is O=C(OC[C@H]1O[C@H](Cl)[C@H](OC(=O)c2ccccc2)[C@@H](O[C@@H]2O[C@H](COC(=O)c3ccccc3)[C@H](OC(=O)c3ccccc3)[C@H](O[C@@H]3O[C@H](COC(=O)c4ccccc4)[C@H](OC(=O)c4ccccc4)[C@H](O[C@@H]4O[C@H](COC(=O)c5ccccc5)[C@H](OC(=O)c5ccccc5)[C@H](OC(=O)c5ccccc5)[C@H]4OC(=O)c4ccccc4)[C@H]3OC(=O)c3ccccc3)[C@H]2OC(=O)c2ccccc2)[C@H]1OC(=O)c1ccccc1)c1ccccc1. The van der Waals surface area contributed by atoms with E-state index in [4.69, 9.17) is 106 Å². The Labute approximate surface area is 856 Å². The first kappa shape index (κ1) is 103. The Morgan fingerprint density at radius 3 is 0.483 bits per heavy atom. The zero-order valence-electron chi connectivity index (χ0n) is 78.8. The van der Waals surface area contributed by atoms with Crippen LogP contribution in [0, 0.1) is 0 Å². The van der Waals surface area contributed by atoms with Crippen LogP contribution in [0.25, 0.3) is 0 Å². The van der Waals surface area contributed by atoms with Gasteiger partial charge >= 0.3 is 77.6 Å². The van der Waals surface area contributed by atoms with E-state index >= 15 is 47.9 Å². The van der Waals surface area contributed by atoms with Crippen molar-refractivity contribution in [3.05, 3.63) is 467 Å². The number of ether oxygens (including phenoxy) is 20. The number of hydrogen-bond donors (Lipinski definition) is 0. The van der Waals surface area contributed by atoms with Crippen molar-refractivity contribution in [2.45, 2.75) is 122 Å². The maximum absolute atomic E-state index is 16.2. The molecule has 0 spiro atoms. The molecular formula is C115H93ClO33. The fourth-order valence-corrected chi connectivity index (χ4v) is 17.0. The van der Waals surface area contributed by atoms with Crippen molar-refractivity contribution in [3.63, 3.8) is 0 Å². The predicted octanol–water partition coefficient (Wildman–Crippen LogP) is 15.7. The molecule has 13 aromatic carbocycles. The summed E-state index contributed by atoms with van der Waals surface area (Å²) in [5.74, 6) is -14.9. The Morgan fingerprint density at radius 1 is 0.161 bits per heavy atom. The van der Waals surface area contributed by atoms with E-state index in [1.165, 1.54) is 291 Å². The second-order valence-electron chi connectivity index (χ2n) is 33.9. The molecule has 4 aliphatic rings. The molecule has 33 nitrogen and oxygen atoms in total. The molecule has 4 heterocycles. The Bertz CT molecular complexity index is 6730. The first-order valence-electron chi connectivity index (χ1n) is 47.2. The van der Waals surface area contributed by atoms with Crippen LogP contribution in [-0.4, -0.2) is 226 Å². The van der Waals surface area contributed by atoms with Crippen LogP contribution < -0.4 is 0 Å². The van der Waals surface area contributed by atoms with Gasteiger partial charge in [0.15, 0.2) is 79.4 Å². The van der Waals surface area contributed by atoms with Crippen molar-refractivity contribution in [1.29, 1.82) is 0 Å². The summed E-state index contributed by atoms with van der Waals surface area (Å²) in [6.07, 6.45) is -43.7. The second-order valence-corrected chi connectivity index (χ2v) is 34.4. The highest BCUT2D eigenvalue weighted by Crippen LogP contribution is 2.43. The summed E-state index contributed by atoms with van der Waals surface area (Å²) in [6.45, 7) is -4.05. The number of carbonyl (C=O) groups excluding carboxylic acids is 13. The van der Waals surface area contributed by atoms with Gasteiger partial charge in [-0.1, -0.05) is 248 Å². The molecule has 0 bridgehead atoms. The van der Waals surface area contributed by atoms with Crippen molar-refractivity contribution in [2.75, 3.05) is 26.4 Å². The highest BCUT2D eigenvalue weighted by Gasteiger charge is 2.63. The standard InChI is InChI=1S/C115H93ClO33/c116-99-95(143-109(126)79-58-32-10-33-59-79)91(87(138-104(121)74-48-22-5-23-49-74)83(134-99)66-130-100(117)70-40-14-1-15-41-70)147-114-97(145-111(128)81-62-36-12-37-63-81)93(89(140-106(123)76-52-26-7-27-53-76)85(136-114)68-132-102(119)72-44-18-3-19-45-72)149-115-98(146-112(129)82-64-38-13-39-65-82)94(90(141-107(124)77-54-28-8-29-55-77)86(137-115)69-133-103(120)73-46-20-4-21-47-73)148-113-96(144-110(127)80-60-34-11-35-61-80)92(142-108(125)78-56-30-9-31-57-78)88(139-105(122)75-50-24-6-25-51-75)84(135-113)67-131-101(118)71-42-16-2-17-43-71/h1-65,83-99,113-115H,66-69H2/t83-,84-,85-,86-,87+,88+,89+,90+,91+,92+,93+,94+,95-,96-,97-,98-,99+,113+,114+,115+/m1/s1. The molecule has 0 unspecified atom stereocenters. The minimum Gasteiger partial charge on any atom is -0.459 e. The van der Waals surface area contributed by atoms with Gasteiger partial charge in [0.1, 0.15) is 69.2 Å². The van der Waals surface area contributed by atoms with Crippen LogP contribution in [0.1, 0.15) is 135 Å². The van der Waals surface area contributed by atoms with E-state index in [0.29, 0.717) is 0 Å². The van der Waals surface area contributed by atoms with Crippen LogP contribution >= 0.6 is 11.6 Å². The van der Waals surface area contributed by atoms with Crippen LogP contribution in [0.5, 0.6) is 0 Å². The summed E-state index contributed by atoms with van der Waals surface area (Å²) in [7, 11) is 0. The van der Waals surface area contributed by atoms with Crippen molar-refractivity contribution < 1.29 is 157 Å². The first-order chi connectivity index (χ1) is 72.7. The molecule has 758 valence electrons. The molecule has 34 heteroatoms. The monoisotopic (exact) mass is 2040 g/mol. The molecule has 0 amide bonds. The Hall–Kier alpha value is -17.0. The second kappa shape index (κ2) is 50.2. The van der Waals surface area contributed by atoms with E-state index in [2.05, 4.69) is 0 Å². The van der Waals surface area contributed by atoms with E-state index in [0.717, 1.165) is 0 Å². The number of halogens is 1. The fourth-order valence-electron chi connectivity index (χ4n) is 16.7. The lowest BCUT2D eigenvalue weighted by molar-refractivity contribution is -0.383. The number of esters is 13. The maximum atomic E-state index is 16.2. The van der Waals surface area contributed by atoms with E-state index in [1.54, 1.807) is 103 Å². The Balaban J connectivity index is 0.901. The van der Waals surface area contributed by atoms with E-state index in [1.807, 2.05) is 0 Å². The van der Waals surface area contributed by atoms with E-state index < -0.39 is 226 Å². The van der Waals surface area contributed by atoms with Crippen molar-refractivity contribution in [3.8, 4) is 0 Å². The molecule has 0 aliphatic carbocycles. The minimum absolute atomic E-state index is 0.0210. The van der Waals surface area contributed by atoms with Gasteiger partial charge in [-0.3, -0.25) is 0 Å². The molecular weight excluding hydrogens is 1940 g/mol. The number of hydrogen-bond acceptors (Lipinski definition) is 33. The summed E-state index contributed by atoms with van der Waals surface area (Å²) in [5.41, 5.74) is -3.65. The summed E-state index contributed by atoms with van der Waals surface area (Å²) < 4.78 is 135. The lowest BCUT2D eigenvalue weighted by Crippen LogP contribution is -2.70. The third-order valence-corrected chi connectivity index (χ3v) is 24.4. The molecule has 0 aromatic heterocycles. The maximum Gasteiger partial charge on any atom is 0.338 e. The molecule has 13 aromatic rings. The van der Waals surface area contributed by atoms with Crippen LogP contribution in [0.15, 0.2) is 394 Å². The fraction of sp³-hybridized carbons (Fsp3) is 0.209. The van der Waals surface area contributed by atoms with Gasteiger partial charge in [0, 0.05) is 0 Å². The molecule has 17 rings (SSSR count). The van der Waals surface area contributed by atoms with Gasteiger partial charge in [-0.25, -0.2) is 62.3 Å². The summed E-state index contributed by atoms with van der Waals surface area (Å²) in [4.78, 5) is 199. The highest BCUT2D eigenvalue weighted by molar-refractivity contribution is 6.20. The van der Waals surface area contributed by atoms with Gasteiger partial charge in [-0.05, 0) is 158 Å². The summed E-state index contributed by atoms with van der Waals surface area (Å²) >= 11 is 7.47. The van der Waals surface area contributed by atoms with Crippen molar-refractivity contribution in [2.24, 2.45) is 0 Å². The van der Waals surface area contributed by atoms with Crippen LogP contribution in [-0.2, 0) is 94.7 Å². The molecule has 4 saturated heterocycles. The Kier molecular flexibility index (Phi) is 34.8. The zero-order chi connectivity index (χ0) is 103. The molecule has 4 aliphatic heterocycles. The van der Waals surface area contributed by atoms with Gasteiger partial charge in [-0.15, -0.1) is 0 Å². The number of benzene rings is 13. The van der Waals surface area contributed by atoms with E-state index in [-0.39, 0.29) is 72.3 Å². The third kappa shape index (κ3) is 26.5. The topological polar surface area (TPSA) is 407 Å². The minimum atomic E-state index is -2.66. The zero-order valence-corrected chi connectivity index (χ0v) is 79.5. The average molecular weight is 2040 g/mol. The molecule has 20 atom stereocenters. The molecule has 149 heavy (non-hydrogen) atoms. The van der Waals surface area contributed by atoms with Crippen LogP contribution in [0.2, 0.25) is 0 Å². The average Bonchev–Trinajstić information content (AvgIpc) is 0.749. The smallest absolute Gasteiger partial charge is 0.338 e. The lowest BCUT2D eigenvalue weighted by atomic mass is 9.94. The van der Waals surface area contributed by atoms with E-state index in [9.17, 15) is 14.4 Å². The molecule has 0 N–H and O–H groups in total. The molecule has 4 fully saturated rings. The van der Waals surface area contributed by atoms with Crippen molar-refractivity contribution in [1.82, 2.24) is 0 Å². The largest absolute Gasteiger partial charge is 0.459 e. The number of carbonyl (C=O) groups is 13. The molecule has 0 saturated carbocycles. The van der Waals surface area contributed by atoms with Crippen LogP contribution in [0.4, 0.5) is 0 Å². The van der Waals surface area contributed by atoms with Gasteiger partial charge in [0.25, 0.3) is 0 Å². The van der Waals surface area contributed by atoms with Crippen molar-refractivity contribution >= 4 is 89.2 Å². The van der Waals surface area contributed by atoms with Gasteiger partial charge in [0.05, 0.1) is 72.3 Å².